The molecule has 0 aliphatic heterocycles. The van der Waals surface area contributed by atoms with Crippen LogP contribution in [0.25, 0.3) is 5.78 Å². The number of aryl methyl sites for hydroxylation is 2. The van der Waals surface area contributed by atoms with Crippen LogP contribution in [0.5, 0.6) is 0 Å². The number of aromatic amines is 1. The van der Waals surface area contributed by atoms with Crippen LogP contribution in [0.1, 0.15) is 32.7 Å². The third-order valence-electron chi connectivity index (χ3n) is 4.97. The molecule has 0 unspecified atom stereocenters. The fourth-order valence-electron chi connectivity index (χ4n) is 3.16. The van der Waals surface area contributed by atoms with Crippen molar-refractivity contribution in [1.29, 1.82) is 0 Å². The molecule has 1 amide bonds. The van der Waals surface area contributed by atoms with E-state index < -0.39 is 0 Å². The topological polar surface area (TPSA) is 83.4 Å². The summed E-state index contributed by atoms with van der Waals surface area (Å²) in [6, 6.07) is 14.6. The minimum absolute atomic E-state index is 0.219. The molecule has 0 saturated carbocycles. The number of carbonyl (C=O) groups is 1. The van der Waals surface area contributed by atoms with Gasteiger partial charge in [0.15, 0.2) is 0 Å². The molecule has 0 radical (unpaired) electrons. The molecule has 1 N–H and O–H groups in total. The largest absolute Gasteiger partial charge is 0.277 e. The second kappa shape index (κ2) is 7.76. The lowest BCUT2D eigenvalue weighted by Gasteiger charge is -2.20. The first-order valence-electron chi connectivity index (χ1n) is 9.42. The number of hydrogen-bond donors (Lipinski definition) is 1. The smallest absolute Gasteiger partial charge is 0.272 e. The molecule has 0 aliphatic carbocycles. The number of aromatic nitrogens is 4. The summed E-state index contributed by atoms with van der Waals surface area (Å²) in [4.78, 5) is 36.3. The van der Waals surface area contributed by atoms with E-state index in [4.69, 9.17) is 11.6 Å². The van der Waals surface area contributed by atoms with Crippen LogP contribution in [0.2, 0.25) is 5.02 Å². The Labute approximate surface area is 178 Å². The number of H-pyrrole nitrogens is 1. The molecule has 2 aromatic heterocycles. The average molecular weight is 422 g/mol. The van der Waals surface area contributed by atoms with Crippen LogP contribution in [-0.4, -0.2) is 25.5 Å². The van der Waals surface area contributed by atoms with E-state index in [1.165, 1.54) is 9.42 Å². The number of fused-ring (bicyclic) bond motifs is 1. The Morgan fingerprint density at radius 1 is 1.10 bits per heavy atom. The second-order valence-corrected chi connectivity index (χ2v) is 7.63. The van der Waals surface area contributed by atoms with E-state index in [1.807, 2.05) is 37.3 Å². The average Bonchev–Trinajstić information content (AvgIpc) is 3.15. The minimum atomic E-state index is -0.245. The van der Waals surface area contributed by atoms with Crippen molar-refractivity contribution in [3.8, 4) is 0 Å². The van der Waals surface area contributed by atoms with Gasteiger partial charge in [-0.05, 0) is 50.6 Å². The van der Waals surface area contributed by atoms with E-state index >= 15 is 0 Å². The molecule has 0 atom stereocenters. The molecule has 152 valence electrons. The monoisotopic (exact) mass is 421 g/mol. The molecular weight excluding hydrogens is 402 g/mol. The number of carbonyl (C=O) groups excluding carboxylic acids is 1. The van der Waals surface area contributed by atoms with Crippen molar-refractivity contribution in [1.82, 2.24) is 19.6 Å². The number of benzene rings is 2. The third kappa shape index (κ3) is 3.71. The Hall–Kier alpha value is -3.45. The fourth-order valence-corrected chi connectivity index (χ4v) is 3.29. The van der Waals surface area contributed by atoms with Gasteiger partial charge in [0.2, 0.25) is 5.95 Å². The first-order valence-corrected chi connectivity index (χ1v) is 9.80. The maximum atomic E-state index is 13.4. The standard InChI is InChI=1S/C22H20ClN5O2/c1-13-5-4-6-17(11-13)20(30)27(12-16-7-9-18(23)10-8-16)22-25-21-24-15(3)14(2)19(29)28(21)26-22/h4-11H,12H2,1-3H3,(H,24,25,26). The van der Waals surface area contributed by atoms with Gasteiger partial charge in [-0.15, -0.1) is 0 Å². The SMILES string of the molecule is Cc1cccc(C(=O)N(Cc2ccc(Cl)cc2)c2nc3nc(C)c(C)c(=O)n3[nH]2)c1. The van der Waals surface area contributed by atoms with Crippen molar-refractivity contribution in [3.05, 3.63) is 91.9 Å². The van der Waals surface area contributed by atoms with Crippen LogP contribution < -0.4 is 10.5 Å². The molecule has 4 aromatic rings. The summed E-state index contributed by atoms with van der Waals surface area (Å²) in [5, 5.41) is 3.55. The first-order chi connectivity index (χ1) is 14.3. The zero-order valence-electron chi connectivity index (χ0n) is 16.8. The van der Waals surface area contributed by atoms with Crippen LogP contribution in [-0.2, 0) is 6.54 Å². The van der Waals surface area contributed by atoms with Gasteiger partial charge < -0.3 is 0 Å². The Kier molecular flexibility index (Phi) is 5.13. The predicted molar refractivity (Wildman–Crippen MR) is 116 cm³/mol. The Balaban J connectivity index is 1.83. The Morgan fingerprint density at radius 3 is 2.53 bits per heavy atom. The van der Waals surface area contributed by atoms with E-state index in [-0.39, 0.29) is 29.7 Å². The van der Waals surface area contributed by atoms with E-state index in [0.717, 1.165) is 11.1 Å². The summed E-state index contributed by atoms with van der Waals surface area (Å²) < 4.78 is 1.26. The molecular formula is C22H20ClN5O2. The van der Waals surface area contributed by atoms with Gasteiger partial charge in [-0.25, -0.2) is 4.98 Å². The van der Waals surface area contributed by atoms with Gasteiger partial charge in [-0.1, -0.05) is 41.4 Å². The molecule has 0 saturated heterocycles. The highest BCUT2D eigenvalue weighted by molar-refractivity contribution is 6.30. The molecule has 4 rings (SSSR count). The number of nitrogens with one attached hydrogen (secondary N) is 1. The molecule has 8 heteroatoms. The number of hydrogen-bond acceptors (Lipinski definition) is 4. The van der Waals surface area contributed by atoms with Gasteiger partial charge in [-0.2, -0.15) is 9.50 Å². The van der Waals surface area contributed by atoms with E-state index in [0.29, 0.717) is 21.8 Å². The van der Waals surface area contributed by atoms with E-state index in [1.54, 1.807) is 32.0 Å². The first kappa shape index (κ1) is 19.8. The fraction of sp³-hybridized carbons (Fsp3) is 0.182. The van der Waals surface area contributed by atoms with Crippen molar-refractivity contribution in [2.45, 2.75) is 27.3 Å². The number of rotatable bonds is 4. The molecule has 7 nitrogen and oxygen atoms in total. The minimum Gasteiger partial charge on any atom is -0.272 e. The highest BCUT2D eigenvalue weighted by Gasteiger charge is 2.23. The molecule has 2 heterocycles. The number of amides is 1. The number of nitrogens with zero attached hydrogens (tertiary/aromatic N) is 4. The predicted octanol–water partition coefficient (Wildman–Crippen LogP) is 3.84. The number of halogens is 1. The maximum absolute atomic E-state index is 13.4. The molecule has 0 aliphatic rings. The van der Waals surface area contributed by atoms with Gasteiger partial charge in [0.25, 0.3) is 17.2 Å². The number of anilines is 1. The van der Waals surface area contributed by atoms with Gasteiger partial charge >= 0.3 is 0 Å². The zero-order valence-corrected chi connectivity index (χ0v) is 17.6. The van der Waals surface area contributed by atoms with Crippen LogP contribution >= 0.6 is 11.6 Å². The summed E-state index contributed by atoms with van der Waals surface area (Å²) in [7, 11) is 0. The van der Waals surface area contributed by atoms with Crippen molar-refractivity contribution in [2.24, 2.45) is 0 Å². The van der Waals surface area contributed by atoms with Crippen LogP contribution in [0.4, 0.5) is 5.95 Å². The molecule has 2 aromatic carbocycles. The maximum Gasteiger partial charge on any atom is 0.277 e. The molecule has 0 bridgehead atoms. The van der Waals surface area contributed by atoms with Crippen molar-refractivity contribution in [2.75, 3.05) is 4.90 Å². The summed E-state index contributed by atoms with van der Waals surface area (Å²) in [6.07, 6.45) is 0. The van der Waals surface area contributed by atoms with Gasteiger partial charge in [-0.3, -0.25) is 19.6 Å². The second-order valence-electron chi connectivity index (χ2n) is 7.20. The lowest BCUT2D eigenvalue weighted by molar-refractivity contribution is 0.0983. The van der Waals surface area contributed by atoms with Crippen molar-refractivity contribution in [3.63, 3.8) is 0 Å². The highest BCUT2D eigenvalue weighted by atomic mass is 35.5. The van der Waals surface area contributed by atoms with E-state index in [2.05, 4.69) is 15.1 Å². The quantitative estimate of drug-likeness (QED) is 0.542. The third-order valence-corrected chi connectivity index (χ3v) is 5.22. The van der Waals surface area contributed by atoms with Gasteiger partial charge in [0.05, 0.1) is 6.54 Å². The van der Waals surface area contributed by atoms with Crippen LogP contribution in [0.3, 0.4) is 0 Å². The van der Waals surface area contributed by atoms with Gasteiger partial charge in [0, 0.05) is 21.8 Å². The summed E-state index contributed by atoms with van der Waals surface area (Å²) in [5.41, 5.74) is 3.25. The summed E-state index contributed by atoms with van der Waals surface area (Å²) in [6.45, 7) is 5.64. The van der Waals surface area contributed by atoms with E-state index in [9.17, 15) is 9.59 Å². The zero-order chi connectivity index (χ0) is 21.4. The van der Waals surface area contributed by atoms with Crippen molar-refractivity contribution < 1.29 is 4.79 Å². The van der Waals surface area contributed by atoms with Crippen LogP contribution in [0.15, 0.2) is 53.3 Å². The molecule has 30 heavy (non-hydrogen) atoms. The normalized spacial score (nSPS) is 11.1. The molecule has 0 spiro atoms. The van der Waals surface area contributed by atoms with Gasteiger partial charge in [0.1, 0.15) is 0 Å². The Morgan fingerprint density at radius 2 is 1.83 bits per heavy atom. The highest BCUT2D eigenvalue weighted by Crippen LogP contribution is 2.19. The lowest BCUT2D eigenvalue weighted by Crippen LogP contribution is -2.31. The Bertz CT molecular complexity index is 1310. The summed E-state index contributed by atoms with van der Waals surface area (Å²) >= 11 is 6.00. The summed E-state index contributed by atoms with van der Waals surface area (Å²) in [5.74, 6) is 0.219. The molecule has 0 fully saturated rings. The van der Waals surface area contributed by atoms with Crippen LogP contribution in [0, 0.1) is 20.8 Å². The van der Waals surface area contributed by atoms with Crippen molar-refractivity contribution >= 4 is 29.2 Å². The lowest BCUT2D eigenvalue weighted by atomic mass is 10.1.